The molecule has 3 unspecified atom stereocenters. The highest BCUT2D eigenvalue weighted by molar-refractivity contribution is 4.81. The Labute approximate surface area is 86.6 Å². The van der Waals surface area contributed by atoms with Crippen LogP contribution in [0.2, 0.25) is 0 Å². The quantitative estimate of drug-likeness (QED) is 0.687. The van der Waals surface area contributed by atoms with Crippen molar-refractivity contribution in [3.8, 4) is 6.07 Å². The molecule has 1 aliphatic rings. The lowest BCUT2D eigenvalue weighted by molar-refractivity contribution is 0.0301. The second-order valence-electron chi connectivity index (χ2n) is 4.30. The molecule has 0 aliphatic carbocycles. The highest BCUT2D eigenvalue weighted by Gasteiger charge is 2.24. The predicted molar refractivity (Wildman–Crippen MR) is 55.9 cm³/mol. The summed E-state index contributed by atoms with van der Waals surface area (Å²) in [5.74, 6) is 0. The molecule has 1 aliphatic heterocycles. The lowest BCUT2D eigenvalue weighted by Gasteiger charge is -2.25. The molecule has 1 fully saturated rings. The Bertz CT molecular complexity index is 212. The van der Waals surface area contributed by atoms with E-state index < -0.39 is 0 Å². The van der Waals surface area contributed by atoms with Gasteiger partial charge in [0.1, 0.15) is 0 Å². The Morgan fingerprint density at radius 1 is 1.57 bits per heavy atom. The Morgan fingerprint density at radius 2 is 2.29 bits per heavy atom. The van der Waals surface area contributed by atoms with Gasteiger partial charge in [-0.25, -0.2) is 0 Å². The van der Waals surface area contributed by atoms with E-state index in [1.165, 1.54) is 6.42 Å². The van der Waals surface area contributed by atoms with E-state index in [0.29, 0.717) is 24.7 Å². The van der Waals surface area contributed by atoms with Gasteiger partial charge in [-0.2, -0.15) is 5.26 Å². The molecule has 1 rings (SSSR count). The van der Waals surface area contributed by atoms with Crippen LogP contribution in [0.4, 0.5) is 0 Å². The van der Waals surface area contributed by atoms with Crippen LogP contribution in [-0.2, 0) is 4.74 Å². The molecule has 0 spiro atoms. The first-order valence-corrected chi connectivity index (χ1v) is 5.36. The van der Waals surface area contributed by atoms with E-state index in [-0.39, 0.29) is 0 Å². The van der Waals surface area contributed by atoms with Gasteiger partial charge in [0.25, 0.3) is 0 Å². The highest BCUT2D eigenvalue weighted by atomic mass is 16.5. The van der Waals surface area contributed by atoms with E-state index in [1.807, 2.05) is 0 Å². The van der Waals surface area contributed by atoms with Gasteiger partial charge in [0, 0.05) is 12.6 Å². The maximum absolute atomic E-state index is 8.58. The Hall–Kier alpha value is -0.590. The number of nitriles is 1. The van der Waals surface area contributed by atoms with Crippen LogP contribution in [0.1, 0.15) is 33.1 Å². The van der Waals surface area contributed by atoms with Gasteiger partial charge >= 0.3 is 0 Å². The number of hydrogen-bond donors (Lipinski definition) is 0. The fourth-order valence-electron chi connectivity index (χ4n) is 1.81. The number of nitrogens with zero attached hydrogens (tertiary/aromatic N) is 2. The van der Waals surface area contributed by atoms with Gasteiger partial charge < -0.3 is 9.64 Å². The van der Waals surface area contributed by atoms with Crippen LogP contribution in [0.3, 0.4) is 0 Å². The Kier molecular flexibility index (Phi) is 4.37. The first-order chi connectivity index (χ1) is 6.63. The van der Waals surface area contributed by atoms with E-state index in [1.54, 1.807) is 0 Å². The molecular weight excluding hydrogens is 176 g/mol. The van der Waals surface area contributed by atoms with Gasteiger partial charge in [0.15, 0.2) is 0 Å². The van der Waals surface area contributed by atoms with Crippen molar-refractivity contribution in [1.29, 1.82) is 5.26 Å². The molecule has 0 bridgehead atoms. The average molecular weight is 196 g/mol. The first kappa shape index (κ1) is 11.5. The van der Waals surface area contributed by atoms with Crippen molar-refractivity contribution in [3.63, 3.8) is 0 Å². The van der Waals surface area contributed by atoms with Crippen molar-refractivity contribution >= 4 is 0 Å². The zero-order valence-corrected chi connectivity index (χ0v) is 9.36. The molecule has 1 saturated heterocycles. The maximum Gasteiger partial charge on any atom is 0.0706 e. The summed E-state index contributed by atoms with van der Waals surface area (Å²) >= 11 is 0. The van der Waals surface area contributed by atoms with Crippen molar-refractivity contribution in [2.24, 2.45) is 0 Å². The molecule has 0 aromatic heterocycles. The second kappa shape index (κ2) is 5.33. The van der Waals surface area contributed by atoms with Crippen molar-refractivity contribution in [2.45, 2.75) is 51.4 Å². The molecule has 1 heterocycles. The van der Waals surface area contributed by atoms with Crippen LogP contribution in [0.15, 0.2) is 0 Å². The minimum Gasteiger partial charge on any atom is -0.374 e. The van der Waals surface area contributed by atoms with Crippen molar-refractivity contribution in [1.82, 2.24) is 4.90 Å². The molecule has 3 nitrogen and oxygen atoms in total. The second-order valence-corrected chi connectivity index (χ2v) is 4.30. The molecule has 0 saturated carbocycles. The number of hydrogen-bond acceptors (Lipinski definition) is 3. The molecule has 0 radical (unpaired) electrons. The third kappa shape index (κ3) is 3.28. The van der Waals surface area contributed by atoms with E-state index in [2.05, 4.69) is 31.9 Å². The number of likely N-dealkylation sites (N-methyl/N-ethyl adjacent to an activating group) is 1. The van der Waals surface area contributed by atoms with Crippen molar-refractivity contribution < 1.29 is 4.74 Å². The van der Waals surface area contributed by atoms with Crippen LogP contribution >= 0.6 is 0 Å². The standard InChI is InChI=1S/C11H20N2O/c1-9(6-7-12)13(3)8-11-5-4-10(2)14-11/h9-11H,4-6,8H2,1-3H3. The van der Waals surface area contributed by atoms with E-state index in [0.717, 1.165) is 13.0 Å². The van der Waals surface area contributed by atoms with E-state index in [9.17, 15) is 0 Å². The molecule has 0 amide bonds. The molecule has 3 heteroatoms. The van der Waals surface area contributed by atoms with Gasteiger partial charge in [-0.05, 0) is 33.7 Å². The average Bonchev–Trinajstić information content (AvgIpc) is 2.51. The zero-order chi connectivity index (χ0) is 10.6. The summed E-state index contributed by atoms with van der Waals surface area (Å²) in [6.07, 6.45) is 3.71. The summed E-state index contributed by atoms with van der Waals surface area (Å²) in [5.41, 5.74) is 0. The van der Waals surface area contributed by atoms with Gasteiger partial charge in [-0.3, -0.25) is 0 Å². The molecule has 0 aromatic rings. The van der Waals surface area contributed by atoms with Crippen molar-refractivity contribution in [3.05, 3.63) is 0 Å². The molecule has 80 valence electrons. The summed E-state index contributed by atoms with van der Waals surface area (Å²) in [4.78, 5) is 2.21. The summed E-state index contributed by atoms with van der Waals surface area (Å²) in [5, 5.41) is 8.58. The van der Waals surface area contributed by atoms with Crippen LogP contribution in [0, 0.1) is 11.3 Å². The highest BCUT2D eigenvalue weighted by Crippen LogP contribution is 2.20. The summed E-state index contributed by atoms with van der Waals surface area (Å²) in [6.45, 7) is 5.16. The maximum atomic E-state index is 8.58. The van der Waals surface area contributed by atoms with Crippen LogP contribution in [-0.4, -0.2) is 36.7 Å². The topological polar surface area (TPSA) is 36.3 Å². The van der Waals surface area contributed by atoms with Crippen LogP contribution in [0.25, 0.3) is 0 Å². The molecule has 0 aromatic carbocycles. The Morgan fingerprint density at radius 3 is 2.79 bits per heavy atom. The van der Waals surface area contributed by atoms with Gasteiger partial charge in [-0.1, -0.05) is 0 Å². The molecule has 3 atom stereocenters. The minimum atomic E-state index is 0.333. The first-order valence-electron chi connectivity index (χ1n) is 5.36. The minimum absolute atomic E-state index is 0.333. The summed E-state index contributed by atoms with van der Waals surface area (Å²) in [6, 6.07) is 2.53. The van der Waals surface area contributed by atoms with Crippen LogP contribution in [0.5, 0.6) is 0 Å². The van der Waals surface area contributed by atoms with Gasteiger partial charge in [0.2, 0.25) is 0 Å². The Balaban J connectivity index is 2.26. The summed E-state index contributed by atoms with van der Waals surface area (Å²) < 4.78 is 5.74. The molecule has 14 heavy (non-hydrogen) atoms. The zero-order valence-electron chi connectivity index (χ0n) is 9.36. The lowest BCUT2D eigenvalue weighted by Crippen LogP contribution is -2.35. The monoisotopic (exact) mass is 196 g/mol. The number of ether oxygens (including phenoxy) is 1. The van der Waals surface area contributed by atoms with Crippen LogP contribution < -0.4 is 0 Å². The lowest BCUT2D eigenvalue weighted by atomic mass is 10.1. The van der Waals surface area contributed by atoms with Gasteiger partial charge in [0.05, 0.1) is 24.7 Å². The van der Waals surface area contributed by atoms with Gasteiger partial charge in [-0.15, -0.1) is 0 Å². The summed E-state index contributed by atoms with van der Waals surface area (Å²) in [7, 11) is 2.06. The smallest absolute Gasteiger partial charge is 0.0706 e. The SMILES string of the molecule is CC1CCC(CN(C)C(C)CC#N)O1. The largest absolute Gasteiger partial charge is 0.374 e. The molecular formula is C11H20N2O. The predicted octanol–water partition coefficient (Wildman–Crippen LogP) is 1.79. The normalized spacial score (nSPS) is 29.1. The van der Waals surface area contributed by atoms with Crippen molar-refractivity contribution in [2.75, 3.05) is 13.6 Å². The third-order valence-corrected chi connectivity index (χ3v) is 2.95. The third-order valence-electron chi connectivity index (χ3n) is 2.95. The van der Waals surface area contributed by atoms with E-state index >= 15 is 0 Å². The van der Waals surface area contributed by atoms with E-state index in [4.69, 9.17) is 10.00 Å². The number of rotatable bonds is 4. The fourth-order valence-corrected chi connectivity index (χ4v) is 1.81. The fraction of sp³-hybridized carbons (Fsp3) is 0.909. The molecule has 0 N–H and O–H groups in total.